The Kier molecular flexibility index (Phi) is 3.38. The van der Waals surface area contributed by atoms with Crippen LogP contribution in [0, 0.1) is 13.8 Å². The van der Waals surface area contributed by atoms with Gasteiger partial charge in [-0.1, -0.05) is 0 Å². The van der Waals surface area contributed by atoms with Crippen LogP contribution in [-0.2, 0) is 0 Å². The fourth-order valence-corrected chi connectivity index (χ4v) is 3.66. The molecule has 0 aliphatic carbocycles. The molecule has 0 aromatic carbocycles. The number of nitrogens with zero attached hydrogens (tertiary/aromatic N) is 6. The van der Waals surface area contributed by atoms with Crippen molar-refractivity contribution in [3.63, 3.8) is 0 Å². The Morgan fingerprint density at radius 2 is 1.81 bits per heavy atom. The van der Waals surface area contributed by atoms with Crippen LogP contribution in [0.25, 0.3) is 28.1 Å². The largest absolute Gasteiger partial charge is 0.370 e. The van der Waals surface area contributed by atoms with E-state index in [0.29, 0.717) is 0 Å². The average Bonchev–Trinajstić information content (AvgIpc) is 3.30. The summed E-state index contributed by atoms with van der Waals surface area (Å²) in [5, 5.41) is 5.73. The van der Waals surface area contributed by atoms with Crippen LogP contribution in [0.5, 0.6) is 0 Å². The molecule has 0 atom stereocenters. The van der Waals surface area contributed by atoms with Gasteiger partial charge in [-0.15, -0.1) is 0 Å². The molecule has 0 bridgehead atoms. The third-order valence-corrected chi connectivity index (χ3v) is 4.99. The van der Waals surface area contributed by atoms with E-state index in [1.54, 1.807) is 0 Å². The molecule has 1 fully saturated rings. The number of aryl methyl sites for hydroxylation is 2. The molecular formula is C20H20N6. The lowest BCUT2D eigenvalue weighted by Crippen LogP contribution is -2.17. The SMILES string of the molecule is Cc1cn2nc(-c3ccc4cc(N5CCCC5)cnc4n3)cc(C)c2n1. The summed E-state index contributed by atoms with van der Waals surface area (Å²) in [6.07, 6.45) is 6.39. The molecule has 0 spiro atoms. The van der Waals surface area contributed by atoms with E-state index in [9.17, 15) is 0 Å². The molecule has 130 valence electrons. The Hall–Kier alpha value is -3.02. The molecular weight excluding hydrogens is 324 g/mol. The second kappa shape index (κ2) is 5.76. The van der Waals surface area contributed by atoms with Gasteiger partial charge in [-0.05, 0) is 56.5 Å². The van der Waals surface area contributed by atoms with E-state index in [0.717, 1.165) is 52.4 Å². The van der Waals surface area contributed by atoms with Crippen molar-refractivity contribution in [2.45, 2.75) is 26.7 Å². The Morgan fingerprint density at radius 1 is 0.962 bits per heavy atom. The molecule has 0 amide bonds. The molecule has 6 nitrogen and oxygen atoms in total. The lowest BCUT2D eigenvalue weighted by Gasteiger charge is -2.17. The molecule has 4 aromatic rings. The number of aromatic nitrogens is 5. The van der Waals surface area contributed by atoms with Crippen LogP contribution in [0.1, 0.15) is 24.1 Å². The van der Waals surface area contributed by atoms with Crippen LogP contribution in [-0.4, -0.2) is 37.7 Å². The number of anilines is 1. The number of fused-ring (bicyclic) bond motifs is 2. The van der Waals surface area contributed by atoms with E-state index in [-0.39, 0.29) is 0 Å². The van der Waals surface area contributed by atoms with Gasteiger partial charge in [-0.25, -0.2) is 19.5 Å². The van der Waals surface area contributed by atoms with Crippen LogP contribution in [0.3, 0.4) is 0 Å². The van der Waals surface area contributed by atoms with Crippen molar-refractivity contribution in [3.05, 3.63) is 47.9 Å². The van der Waals surface area contributed by atoms with Crippen molar-refractivity contribution in [1.82, 2.24) is 24.6 Å². The van der Waals surface area contributed by atoms with E-state index in [2.05, 4.69) is 39.0 Å². The first kappa shape index (κ1) is 15.3. The zero-order chi connectivity index (χ0) is 17.7. The molecule has 1 saturated heterocycles. The highest BCUT2D eigenvalue weighted by molar-refractivity contribution is 5.81. The zero-order valence-corrected chi connectivity index (χ0v) is 15.0. The first-order valence-electron chi connectivity index (χ1n) is 9.03. The molecule has 0 N–H and O–H groups in total. The van der Waals surface area contributed by atoms with Crippen molar-refractivity contribution in [2.24, 2.45) is 0 Å². The summed E-state index contributed by atoms with van der Waals surface area (Å²) in [5.41, 5.74) is 6.54. The summed E-state index contributed by atoms with van der Waals surface area (Å²) in [7, 11) is 0. The minimum absolute atomic E-state index is 0.756. The summed E-state index contributed by atoms with van der Waals surface area (Å²) in [6.45, 7) is 6.26. The first-order valence-corrected chi connectivity index (χ1v) is 9.03. The number of hydrogen-bond acceptors (Lipinski definition) is 5. The van der Waals surface area contributed by atoms with Crippen molar-refractivity contribution >= 4 is 22.4 Å². The summed E-state index contributed by atoms with van der Waals surface area (Å²) in [5.74, 6) is 0. The molecule has 0 saturated carbocycles. The third-order valence-electron chi connectivity index (χ3n) is 4.99. The lowest BCUT2D eigenvalue weighted by atomic mass is 10.2. The van der Waals surface area contributed by atoms with E-state index in [1.807, 2.05) is 36.0 Å². The maximum Gasteiger partial charge on any atom is 0.159 e. The fourth-order valence-electron chi connectivity index (χ4n) is 3.66. The van der Waals surface area contributed by atoms with Crippen molar-refractivity contribution < 1.29 is 0 Å². The predicted octanol–water partition coefficient (Wildman–Crippen LogP) is 3.56. The number of pyridine rings is 2. The van der Waals surface area contributed by atoms with Crippen LogP contribution in [0.4, 0.5) is 5.69 Å². The van der Waals surface area contributed by atoms with Gasteiger partial charge in [-0.3, -0.25) is 0 Å². The quantitative estimate of drug-likeness (QED) is 0.556. The highest BCUT2D eigenvalue weighted by Gasteiger charge is 2.14. The maximum atomic E-state index is 4.74. The van der Waals surface area contributed by atoms with E-state index in [1.165, 1.54) is 18.5 Å². The zero-order valence-electron chi connectivity index (χ0n) is 15.0. The third kappa shape index (κ3) is 2.49. The van der Waals surface area contributed by atoms with Gasteiger partial charge in [0.15, 0.2) is 11.3 Å². The van der Waals surface area contributed by atoms with Crippen molar-refractivity contribution in [2.75, 3.05) is 18.0 Å². The number of hydrogen-bond donors (Lipinski definition) is 0. The number of rotatable bonds is 2. The second-order valence-electron chi connectivity index (χ2n) is 6.99. The molecule has 4 aromatic heterocycles. The van der Waals surface area contributed by atoms with Crippen molar-refractivity contribution in [3.8, 4) is 11.4 Å². The molecule has 1 aliphatic heterocycles. The molecule has 26 heavy (non-hydrogen) atoms. The van der Waals surface area contributed by atoms with Crippen LogP contribution in [0.2, 0.25) is 0 Å². The molecule has 5 heterocycles. The van der Waals surface area contributed by atoms with Crippen molar-refractivity contribution in [1.29, 1.82) is 0 Å². The van der Waals surface area contributed by atoms with Gasteiger partial charge in [-0.2, -0.15) is 5.10 Å². The fraction of sp³-hybridized carbons (Fsp3) is 0.300. The summed E-state index contributed by atoms with van der Waals surface area (Å²) in [4.78, 5) is 16.2. The van der Waals surface area contributed by atoms with Gasteiger partial charge >= 0.3 is 0 Å². The minimum Gasteiger partial charge on any atom is -0.370 e. The van der Waals surface area contributed by atoms with Gasteiger partial charge in [0.2, 0.25) is 0 Å². The normalized spacial score (nSPS) is 14.6. The van der Waals surface area contributed by atoms with Gasteiger partial charge in [0.05, 0.1) is 29.5 Å². The smallest absolute Gasteiger partial charge is 0.159 e. The highest BCUT2D eigenvalue weighted by Crippen LogP contribution is 2.25. The maximum absolute atomic E-state index is 4.74. The van der Waals surface area contributed by atoms with Crippen LogP contribution >= 0.6 is 0 Å². The molecule has 5 rings (SSSR count). The Morgan fingerprint density at radius 3 is 2.65 bits per heavy atom. The summed E-state index contributed by atoms with van der Waals surface area (Å²) < 4.78 is 1.83. The summed E-state index contributed by atoms with van der Waals surface area (Å²) >= 11 is 0. The predicted molar refractivity (Wildman–Crippen MR) is 102 cm³/mol. The molecule has 0 radical (unpaired) electrons. The van der Waals surface area contributed by atoms with E-state index < -0.39 is 0 Å². The highest BCUT2D eigenvalue weighted by atomic mass is 15.3. The standard InChI is InChI=1S/C20H20N6/c1-13-9-18(24-26-12-14(2)22-20(13)26)17-6-5-15-10-16(11-21-19(15)23-17)25-7-3-4-8-25/h5-6,9-12H,3-4,7-8H2,1-2H3. The van der Waals surface area contributed by atoms with Crippen LogP contribution < -0.4 is 4.90 Å². The van der Waals surface area contributed by atoms with Gasteiger partial charge in [0, 0.05) is 18.5 Å². The van der Waals surface area contributed by atoms with Gasteiger partial charge in [0.25, 0.3) is 0 Å². The minimum atomic E-state index is 0.756. The average molecular weight is 344 g/mol. The monoisotopic (exact) mass is 344 g/mol. The Balaban J connectivity index is 1.58. The van der Waals surface area contributed by atoms with E-state index in [4.69, 9.17) is 4.98 Å². The second-order valence-corrected chi connectivity index (χ2v) is 6.99. The topological polar surface area (TPSA) is 59.2 Å². The first-order chi connectivity index (χ1) is 12.7. The lowest BCUT2D eigenvalue weighted by molar-refractivity contribution is 0.929. The van der Waals surface area contributed by atoms with E-state index >= 15 is 0 Å². The molecule has 0 unspecified atom stereocenters. The van der Waals surface area contributed by atoms with Gasteiger partial charge in [0.1, 0.15) is 5.69 Å². The van der Waals surface area contributed by atoms with Gasteiger partial charge < -0.3 is 4.90 Å². The summed E-state index contributed by atoms with van der Waals surface area (Å²) in [6, 6.07) is 8.33. The Bertz CT molecular complexity index is 1120. The number of imidazole rings is 1. The Labute approximate surface area is 151 Å². The van der Waals surface area contributed by atoms with Crippen LogP contribution in [0.15, 0.2) is 36.7 Å². The molecule has 6 heteroatoms. The molecule has 1 aliphatic rings.